The molecule has 2 rings (SSSR count). The summed E-state index contributed by atoms with van der Waals surface area (Å²) in [5, 5.41) is 8.69. The second kappa shape index (κ2) is 6.65. The van der Waals surface area contributed by atoms with Gasteiger partial charge < -0.3 is 10.0 Å². The zero-order valence-corrected chi connectivity index (χ0v) is 11.5. The van der Waals surface area contributed by atoms with Crippen LogP contribution in [0.1, 0.15) is 36.0 Å². The number of halogens is 2. The number of rotatable bonds is 4. The van der Waals surface area contributed by atoms with Crippen molar-refractivity contribution < 1.29 is 23.5 Å². The molecule has 1 unspecified atom stereocenters. The second-order valence-corrected chi connectivity index (χ2v) is 5.32. The third kappa shape index (κ3) is 4.00. The van der Waals surface area contributed by atoms with Crippen LogP contribution in [-0.2, 0) is 4.79 Å². The largest absolute Gasteiger partial charge is 0.481 e. The summed E-state index contributed by atoms with van der Waals surface area (Å²) in [7, 11) is 0. The number of carboxylic acid groups (broad SMARTS) is 1. The van der Waals surface area contributed by atoms with Gasteiger partial charge in [0.2, 0.25) is 0 Å². The first-order valence-electron chi connectivity index (χ1n) is 6.93. The summed E-state index contributed by atoms with van der Waals surface area (Å²) in [4.78, 5) is 24.4. The minimum Gasteiger partial charge on any atom is -0.481 e. The first-order valence-corrected chi connectivity index (χ1v) is 6.93. The molecule has 1 fully saturated rings. The Morgan fingerprint density at radius 2 is 2.10 bits per heavy atom. The van der Waals surface area contributed by atoms with Crippen molar-refractivity contribution in [2.75, 3.05) is 13.1 Å². The Morgan fingerprint density at radius 1 is 1.33 bits per heavy atom. The quantitative estimate of drug-likeness (QED) is 0.929. The highest BCUT2D eigenvalue weighted by Crippen LogP contribution is 2.23. The highest BCUT2D eigenvalue weighted by molar-refractivity contribution is 5.94. The number of likely N-dealkylation sites (tertiary alicyclic amines) is 1. The van der Waals surface area contributed by atoms with Gasteiger partial charge in [-0.25, -0.2) is 8.78 Å². The van der Waals surface area contributed by atoms with Crippen molar-refractivity contribution in [2.45, 2.75) is 25.7 Å². The standard InChI is InChI=1S/C15H17F2NO3/c16-11-4-5-12(13(17)8-11)15(21)18-7-1-2-10(9-18)3-6-14(19)20/h4-5,8,10H,1-3,6-7,9H2,(H,19,20). The molecule has 1 saturated heterocycles. The molecule has 1 aliphatic rings. The molecule has 1 aromatic rings. The van der Waals surface area contributed by atoms with E-state index in [1.165, 1.54) is 4.90 Å². The van der Waals surface area contributed by atoms with E-state index in [9.17, 15) is 18.4 Å². The van der Waals surface area contributed by atoms with E-state index in [-0.39, 0.29) is 17.9 Å². The van der Waals surface area contributed by atoms with Gasteiger partial charge in [-0.3, -0.25) is 9.59 Å². The molecule has 0 radical (unpaired) electrons. The molecule has 6 heteroatoms. The Hall–Kier alpha value is -1.98. The Balaban J connectivity index is 2.03. The number of hydrogen-bond acceptors (Lipinski definition) is 2. The number of carbonyl (C=O) groups is 2. The monoisotopic (exact) mass is 297 g/mol. The van der Waals surface area contributed by atoms with Gasteiger partial charge in [0.25, 0.3) is 5.91 Å². The summed E-state index contributed by atoms with van der Waals surface area (Å²) in [6, 6.07) is 2.90. The molecule has 21 heavy (non-hydrogen) atoms. The summed E-state index contributed by atoms with van der Waals surface area (Å²) in [5.74, 6) is -2.80. The Labute approximate surface area is 121 Å². The van der Waals surface area contributed by atoms with E-state index < -0.39 is 23.5 Å². The van der Waals surface area contributed by atoms with Crippen molar-refractivity contribution in [3.05, 3.63) is 35.4 Å². The molecule has 1 atom stereocenters. The minimum absolute atomic E-state index is 0.0671. The Kier molecular flexibility index (Phi) is 4.88. The van der Waals surface area contributed by atoms with Crippen LogP contribution in [-0.4, -0.2) is 35.0 Å². The number of aliphatic carboxylic acids is 1. The first kappa shape index (κ1) is 15.4. The van der Waals surface area contributed by atoms with Crippen LogP contribution in [0.4, 0.5) is 8.78 Å². The normalized spacial score (nSPS) is 18.6. The smallest absolute Gasteiger partial charge is 0.303 e. The van der Waals surface area contributed by atoms with Crippen LogP contribution < -0.4 is 0 Å². The second-order valence-electron chi connectivity index (χ2n) is 5.32. The molecule has 114 valence electrons. The van der Waals surface area contributed by atoms with Crippen LogP contribution in [0.2, 0.25) is 0 Å². The van der Waals surface area contributed by atoms with E-state index in [4.69, 9.17) is 5.11 Å². The Morgan fingerprint density at radius 3 is 2.76 bits per heavy atom. The molecule has 0 spiro atoms. The summed E-state index contributed by atoms with van der Waals surface area (Å²) in [6.45, 7) is 0.933. The van der Waals surface area contributed by atoms with Crippen LogP contribution in [0, 0.1) is 17.6 Å². The molecule has 0 bridgehead atoms. The number of piperidine rings is 1. The summed E-state index contributed by atoms with van der Waals surface area (Å²) >= 11 is 0. The molecule has 0 aromatic heterocycles. The summed E-state index contributed by atoms with van der Waals surface area (Å²) < 4.78 is 26.5. The maximum atomic E-state index is 13.6. The van der Waals surface area contributed by atoms with E-state index >= 15 is 0 Å². The van der Waals surface area contributed by atoms with Crippen LogP contribution >= 0.6 is 0 Å². The first-order chi connectivity index (χ1) is 9.97. The van der Waals surface area contributed by atoms with Crippen LogP contribution in [0.5, 0.6) is 0 Å². The lowest BCUT2D eigenvalue weighted by Gasteiger charge is -2.32. The van der Waals surface area contributed by atoms with Crippen molar-refractivity contribution in [3.8, 4) is 0 Å². The molecule has 1 N–H and O–H groups in total. The highest BCUT2D eigenvalue weighted by atomic mass is 19.1. The highest BCUT2D eigenvalue weighted by Gasteiger charge is 2.26. The zero-order valence-electron chi connectivity index (χ0n) is 11.5. The molecular weight excluding hydrogens is 280 g/mol. The topological polar surface area (TPSA) is 57.6 Å². The molecule has 0 aliphatic carbocycles. The molecule has 0 saturated carbocycles. The number of amides is 1. The van der Waals surface area contributed by atoms with E-state index in [0.717, 1.165) is 25.0 Å². The predicted molar refractivity (Wildman–Crippen MR) is 71.9 cm³/mol. The van der Waals surface area contributed by atoms with Gasteiger partial charge in [-0.1, -0.05) is 0 Å². The Bertz CT molecular complexity index is 548. The van der Waals surface area contributed by atoms with E-state index in [2.05, 4.69) is 0 Å². The molecular formula is C15H17F2NO3. The van der Waals surface area contributed by atoms with Crippen molar-refractivity contribution in [2.24, 2.45) is 5.92 Å². The van der Waals surface area contributed by atoms with Crippen molar-refractivity contribution in [1.29, 1.82) is 0 Å². The molecule has 1 aliphatic heterocycles. The van der Waals surface area contributed by atoms with Gasteiger partial charge in [0.1, 0.15) is 11.6 Å². The molecule has 1 heterocycles. The fraction of sp³-hybridized carbons (Fsp3) is 0.467. The van der Waals surface area contributed by atoms with E-state index in [1.807, 2.05) is 0 Å². The van der Waals surface area contributed by atoms with Crippen LogP contribution in [0.3, 0.4) is 0 Å². The molecule has 1 aromatic carbocycles. The summed E-state index contributed by atoms with van der Waals surface area (Å²) in [6.07, 6.45) is 2.20. The van der Waals surface area contributed by atoms with E-state index in [1.54, 1.807) is 0 Å². The van der Waals surface area contributed by atoms with Gasteiger partial charge in [-0.15, -0.1) is 0 Å². The van der Waals surface area contributed by atoms with Crippen molar-refractivity contribution in [3.63, 3.8) is 0 Å². The zero-order chi connectivity index (χ0) is 15.4. The van der Waals surface area contributed by atoms with Crippen LogP contribution in [0.25, 0.3) is 0 Å². The van der Waals surface area contributed by atoms with Gasteiger partial charge in [-0.05, 0) is 37.3 Å². The maximum Gasteiger partial charge on any atom is 0.303 e. The van der Waals surface area contributed by atoms with E-state index in [0.29, 0.717) is 25.6 Å². The average molecular weight is 297 g/mol. The van der Waals surface area contributed by atoms with Gasteiger partial charge in [0.15, 0.2) is 0 Å². The number of carbonyl (C=O) groups excluding carboxylic acids is 1. The third-order valence-corrected chi connectivity index (χ3v) is 3.73. The van der Waals surface area contributed by atoms with Crippen molar-refractivity contribution in [1.82, 2.24) is 4.90 Å². The number of carboxylic acids is 1. The van der Waals surface area contributed by atoms with Crippen LogP contribution in [0.15, 0.2) is 18.2 Å². The minimum atomic E-state index is -0.868. The SMILES string of the molecule is O=C(O)CCC1CCCN(C(=O)c2ccc(F)cc2F)C1. The van der Waals surface area contributed by atoms with Gasteiger partial charge in [-0.2, -0.15) is 0 Å². The summed E-state index contributed by atoms with van der Waals surface area (Å²) in [5.41, 5.74) is -0.143. The number of nitrogens with zero attached hydrogens (tertiary/aromatic N) is 1. The third-order valence-electron chi connectivity index (χ3n) is 3.73. The van der Waals surface area contributed by atoms with Gasteiger partial charge in [0.05, 0.1) is 5.56 Å². The molecule has 4 nitrogen and oxygen atoms in total. The lowest BCUT2D eigenvalue weighted by Crippen LogP contribution is -2.40. The lowest BCUT2D eigenvalue weighted by molar-refractivity contribution is -0.137. The maximum absolute atomic E-state index is 13.6. The predicted octanol–water partition coefficient (Wildman–Crippen LogP) is 2.68. The molecule has 1 amide bonds. The van der Waals surface area contributed by atoms with Gasteiger partial charge in [0, 0.05) is 25.6 Å². The lowest BCUT2D eigenvalue weighted by atomic mass is 9.93. The number of benzene rings is 1. The van der Waals surface area contributed by atoms with Gasteiger partial charge >= 0.3 is 5.97 Å². The average Bonchev–Trinajstić information content (AvgIpc) is 2.45. The fourth-order valence-corrected chi connectivity index (χ4v) is 2.65. The fourth-order valence-electron chi connectivity index (χ4n) is 2.65. The van der Waals surface area contributed by atoms with Crippen molar-refractivity contribution >= 4 is 11.9 Å². The number of hydrogen-bond donors (Lipinski definition) is 1.